The molecule has 93 heavy (non-hydrogen) atoms. The summed E-state index contributed by atoms with van der Waals surface area (Å²) < 4.78 is 63.6. The van der Waals surface area contributed by atoms with Crippen molar-refractivity contribution in [2.24, 2.45) is 35.5 Å². The second kappa shape index (κ2) is 36.2. The lowest BCUT2D eigenvalue weighted by Crippen LogP contribution is -2.25. The first kappa shape index (κ1) is 72.8. The van der Waals surface area contributed by atoms with Gasteiger partial charge in [0, 0.05) is 57.4 Å². The highest BCUT2D eigenvalue weighted by atomic mass is 16.7. The maximum Gasteiger partial charge on any atom is 0.519 e. The van der Waals surface area contributed by atoms with Crippen molar-refractivity contribution in [3.05, 3.63) is 179 Å². The minimum atomic E-state index is -0.783. The second-order valence-electron chi connectivity index (χ2n) is 26.6. The molecule has 0 amide bonds. The first-order valence-corrected chi connectivity index (χ1v) is 33.0. The van der Waals surface area contributed by atoms with Crippen LogP contribution in [0.1, 0.15) is 152 Å². The minimum Gasteiger partial charge on any atom is -0.497 e. The van der Waals surface area contributed by atoms with E-state index in [1.807, 2.05) is 84.9 Å². The predicted octanol–water partition coefficient (Wildman–Crippen LogP) is 18.0. The molecule has 3 aliphatic carbocycles. The first-order valence-electron chi connectivity index (χ1n) is 33.0. The summed E-state index contributed by atoms with van der Waals surface area (Å²) in [4.78, 5) is 36.3. The topological polar surface area (TPSA) is 162 Å². The lowest BCUT2D eigenvalue weighted by molar-refractivity contribution is 0.0188. The molecule has 15 heteroatoms. The van der Waals surface area contributed by atoms with Gasteiger partial charge >= 0.3 is 18.5 Å². The summed E-state index contributed by atoms with van der Waals surface area (Å²) in [5.41, 5.74) is 6.17. The summed E-state index contributed by atoms with van der Waals surface area (Å²) in [6.07, 6.45) is 11.6. The van der Waals surface area contributed by atoms with Gasteiger partial charge in [-0.25, -0.2) is 14.4 Å². The number of ether oxygens (including phenoxy) is 12. The average molecular weight is 1280 g/mol. The van der Waals surface area contributed by atoms with Gasteiger partial charge in [-0.1, -0.05) is 114 Å². The molecule has 0 atom stereocenters. The van der Waals surface area contributed by atoms with E-state index in [-0.39, 0.29) is 16.2 Å². The van der Waals surface area contributed by atoms with Gasteiger partial charge in [-0.05, 0) is 219 Å². The Balaban J connectivity index is 0.000000203. The zero-order valence-corrected chi connectivity index (χ0v) is 57.2. The van der Waals surface area contributed by atoms with E-state index in [0.29, 0.717) is 72.6 Å². The van der Waals surface area contributed by atoms with Crippen LogP contribution in [0, 0.1) is 35.5 Å². The van der Waals surface area contributed by atoms with E-state index in [4.69, 9.17) is 56.8 Å². The molecule has 0 N–H and O–H groups in total. The molecular formula is C78H102O15. The summed E-state index contributed by atoms with van der Waals surface area (Å²) in [5.74, 6) is 7.16. The summed E-state index contributed by atoms with van der Waals surface area (Å²) in [7, 11) is 10.2. The van der Waals surface area contributed by atoms with Gasteiger partial charge in [-0.15, -0.1) is 0 Å². The highest BCUT2D eigenvalue weighted by Crippen LogP contribution is 2.38. The molecule has 0 spiro atoms. The monoisotopic (exact) mass is 1280 g/mol. The highest BCUT2D eigenvalue weighted by Gasteiger charge is 2.29. The number of hydrogen-bond acceptors (Lipinski definition) is 15. The third kappa shape index (κ3) is 22.3. The molecule has 3 aliphatic rings. The van der Waals surface area contributed by atoms with Crippen LogP contribution in [-0.4, -0.2) is 101 Å². The zero-order chi connectivity index (χ0) is 66.8. The number of rotatable bonds is 24. The first-order chi connectivity index (χ1) is 44.8. The summed E-state index contributed by atoms with van der Waals surface area (Å²) in [6.45, 7) is 16.9. The number of hydrogen-bond donors (Lipinski definition) is 0. The van der Waals surface area contributed by atoms with E-state index in [9.17, 15) is 14.4 Å². The van der Waals surface area contributed by atoms with Gasteiger partial charge in [0.05, 0.1) is 41.2 Å². The smallest absolute Gasteiger partial charge is 0.497 e. The quantitative estimate of drug-likeness (QED) is 0.0415. The number of carbonyl (C=O) groups excluding carboxylic acids is 3. The van der Waals surface area contributed by atoms with Crippen molar-refractivity contribution in [2.45, 2.75) is 135 Å². The molecule has 0 bridgehead atoms. The van der Waals surface area contributed by atoms with Crippen molar-refractivity contribution in [3.63, 3.8) is 0 Å². The molecule has 0 radical (unpaired) electrons. The molecule has 6 aromatic carbocycles. The molecule has 0 aliphatic heterocycles. The molecular weight excluding hydrogens is 1180 g/mol. The maximum atomic E-state index is 12.4. The molecule has 6 aromatic rings. The summed E-state index contributed by atoms with van der Waals surface area (Å²) >= 11 is 0. The van der Waals surface area contributed by atoms with Crippen molar-refractivity contribution < 1.29 is 71.2 Å². The standard InChI is InChI=1S/C33H34O5.C26H34O5.C19H34O5/c1-32(2,23-7-15-27(35-5)16-8-23)25-11-19-29(20-12-25)37-31(34)38-30-21-13-26(14-22-30)33(3,4)24-9-17-28(36-6)18-10-24;1-26(2,21-9-13-23(29-4)14-10-21)22-11-15-24(16-12-22)31-25(27)30-18-20-7-5-19(6-8-20)17-28-3;1-21-11-15-3-7-17(8-4-15)13-23-19(20)24-14-18-9-5-16(6-10-18)12-22-2/h7-22H,1-6H3;9-16,19-20H,5-8,17-18H2,1-4H3;15-18H,3-14H2,1-2H3. The van der Waals surface area contributed by atoms with Crippen LogP contribution in [0.15, 0.2) is 146 Å². The van der Waals surface area contributed by atoms with E-state index in [0.717, 1.165) is 116 Å². The Morgan fingerprint density at radius 3 is 0.656 bits per heavy atom. The third-order valence-corrected chi connectivity index (χ3v) is 19.2. The molecule has 0 saturated heterocycles. The van der Waals surface area contributed by atoms with Crippen molar-refractivity contribution in [3.8, 4) is 34.5 Å². The van der Waals surface area contributed by atoms with Gasteiger partial charge in [-0.3, -0.25) is 0 Å². The van der Waals surface area contributed by atoms with E-state index in [1.165, 1.54) is 31.2 Å². The fraction of sp³-hybridized carbons (Fsp3) is 0.500. The van der Waals surface area contributed by atoms with Gasteiger partial charge in [0.2, 0.25) is 0 Å². The van der Waals surface area contributed by atoms with Crippen LogP contribution in [0.3, 0.4) is 0 Å². The normalized spacial score (nSPS) is 19.0. The average Bonchev–Trinajstić information content (AvgIpc) is 0.881. The molecule has 0 heterocycles. The van der Waals surface area contributed by atoms with E-state index in [1.54, 1.807) is 66.9 Å². The van der Waals surface area contributed by atoms with Crippen molar-refractivity contribution >= 4 is 18.5 Å². The molecule has 3 fully saturated rings. The Morgan fingerprint density at radius 2 is 0.452 bits per heavy atom. The third-order valence-electron chi connectivity index (χ3n) is 19.2. The number of methoxy groups -OCH3 is 6. The van der Waals surface area contributed by atoms with E-state index < -0.39 is 18.5 Å². The Kier molecular flexibility index (Phi) is 28.3. The molecule has 0 unspecified atom stereocenters. The SMILES string of the molecule is COCC1CCC(COC(=O)OCC2CCC(COC)CC2)CC1.COCC1CCC(COC(=O)Oc2ccc(C(C)(C)c3ccc(OC)cc3)cc2)CC1.COc1ccc(C(C)(C)c2ccc(OC(=O)Oc3ccc(C(C)(C)c4ccc(OC)cc4)cc3)cc2)cc1. The minimum absolute atomic E-state index is 0.188. The van der Waals surface area contributed by atoms with Gasteiger partial charge in [0.25, 0.3) is 0 Å². The maximum absolute atomic E-state index is 12.4. The van der Waals surface area contributed by atoms with Crippen LogP contribution in [-0.2, 0) is 44.7 Å². The largest absolute Gasteiger partial charge is 0.519 e. The van der Waals surface area contributed by atoms with Gasteiger partial charge in [0.15, 0.2) is 0 Å². The Hall–Kier alpha value is -7.59. The van der Waals surface area contributed by atoms with Gasteiger partial charge < -0.3 is 56.8 Å². The number of carbonyl (C=O) groups is 3. The fourth-order valence-electron chi connectivity index (χ4n) is 12.7. The summed E-state index contributed by atoms with van der Waals surface area (Å²) in [5, 5.41) is 0. The van der Waals surface area contributed by atoms with Gasteiger partial charge in [0.1, 0.15) is 34.5 Å². The zero-order valence-electron chi connectivity index (χ0n) is 57.2. The fourth-order valence-corrected chi connectivity index (χ4v) is 12.7. The number of benzene rings is 6. The Bertz CT molecular complexity index is 2990. The van der Waals surface area contributed by atoms with E-state index >= 15 is 0 Å². The molecule has 504 valence electrons. The van der Waals surface area contributed by atoms with Crippen LogP contribution >= 0.6 is 0 Å². The highest BCUT2D eigenvalue weighted by molar-refractivity contribution is 5.67. The molecule has 15 nitrogen and oxygen atoms in total. The van der Waals surface area contributed by atoms with Crippen molar-refractivity contribution in [1.82, 2.24) is 0 Å². The van der Waals surface area contributed by atoms with Crippen LogP contribution in [0.2, 0.25) is 0 Å². The van der Waals surface area contributed by atoms with Crippen LogP contribution in [0.4, 0.5) is 14.4 Å². The van der Waals surface area contributed by atoms with Crippen LogP contribution < -0.4 is 28.4 Å². The Labute approximate surface area is 553 Å². The van der Waals surface area contributed by atoms with Crippen molar-refractivity contribution in [1.29, 1.82) is 0 Å². The lowest BCUT2D eigenvalue weighted by Gasteiger charge is -2.28. The second-order valence-corrected chi connectivity index (χ2v) is 26.6. The van der Waals surface area contributed by atoms with Crippen LogP contribution in [0.25, 0.3) is 0 Å². The summed E-state index contributed by atoms with van der Waals surface area (Å²) in [6, 6.07) is 46.7. The van der Waals surface area contributed by atoms with Crippen molar-refractivity contribution in [2.75, 3.05) is 82.3 Å². The Morgan fingerprint density at radius 1 is 0.269 bits per heavy atom. The van der Waals surface area contributed by atoms with E-state index in [2.05, 4.69) is 77.9 Å². The molecule has 9 rings (SSSR count). The lowest BCUT2D eigenvalue weighted by atomic mass is 9.78. The molecule has 0 aromatic heterocycles. The van der Waals surface area contributed by atoms with Gasteiger partial charge in [-0.2, -0.15) is 0 Å². The van der Waals surface area contributed by atoms with Crippen LogP contribution in [0.5, 0.6) is 34.5 Å². The predicted molar refractivity (Wildman–Crippen MR) is 363 cm³/mol. The molecule has 3 saturated carbocycles.